The van der Waals surface area contributed by atoms with E-state index < -0.39 is 0 Å². The van der Waals surface area contributed by atoms with Crippen LogP contribution in [0.4, 0.5) is 0 Å². The Labute approximate surface area is 106 Å². The van der Waals surface area contributed by atoms with Gasteiger partial charge in [-0.1, -0.05) is 6.07 Å². The van der Waals surface area contributed by atoms with Crippen molar-refractivity contribution in [3.8, 4) is 0 Å². The van der Waals surface area contributed by atoms with Crippen LogP contribution in [0.15, 0.2) is 24.5 Å². The van der Waals surface area contributed by atoms with E-state index in [4.69, 9.17) is 0 Å². The number of esters is 1. The maximum atomic E-state index is 11.1. The summed E-state index contributed by atoms with van der Waals surface area (Å²) < 4.78 is 6.62. The van der Waals surface area contributed by atoms with Gasteiger partial charge in [0.2, 0.25) is 0 Å². The highest BCUT2D eigenvalue weighted by atomic mass is 16.5. The number of rotatable bonds is 4. The Morgan fingerprint density at radius 3 is 3.00 bits per heavy atom. The Morgan fingerprint density at radius 1 is 1.50 bits per heavy atom. The van der Waals surface area contributed by atoms with Crippen molar-refractivity contribution in [1.82, 2.24) is 14.5 Å². The third kappa shape index (κ3) is 2.68. The van der Waals surface area contributed by atoms with E-state index in [0.717, 1.165) is 16.6 Å². The molecule has 5 nitrogen and oxygen atoms in total. The van der Waals surface area contributed by atoms with Crippen molar-refractivity contribution in [1.29, 1.82) is 0 Å². The van der Waals surface area contributed by atoms with Crippen LogP contribution in [0.2, 0.25) is 0 Å². The number of ether oxygens (including phenoxy) is 1. The van der Waals surface area contributed by atoms with Gasteiger partial charge in [0.1, 0.15) is 0 Å². The molecule has 0 N–H and O–H groups in total. The standard InChI is InChI=1S/C13H17N3O2/c1-15(8-13(17)18-3)7-10-4-5-12-11(6-10)14-9-16(12)2/h4-6,9H,7-8H2,1-3H3. The molecule has 0 fully saturated rings. The van der Waals surface area contributed by atoms with Gasteiger partial charge in [0.15, 0.2) is 0 Å². The second-order valence-electron chi connectivity index (χ2n) is 4.43. The fourth-order valence-electron chi connectivity index (χ4n) is 1.93. The predicted molar refractivity (Wildman–Crippen MR) is 69.1 cm³/mol. The first kappa shape index (κ1) is 12.6. The van der Waals surface area contributed by atoms with Crippen LogP contribution in [0.5, 0.6) is 0 Å². The molecule has 0 amide bonds. The molecule has 1 aromatic heterocycles. The molecule has 0 bridgehead atoms. The lowest BCUT2D eigenvalue weighted by Crippen LogP contribution is -2.26. The number of aromatic nitrogens is 2. The number of carbonyl (C=O) groups is 1. The van der Waals surface area contributed by atoms with Gasteiger partial charge in [-0.3, -0.25) is 9.69 Å². The Bertz CT molecular complexity index is 562. The zero-order valence-corrected chi connectivity index (χ0v) is 10.9. The van der Waals surface area contributed by atoms with E-state index in [2.05, 4.69) is 15.8 Å². The Kier molecular flexibility index (Phi) is 3.62. The maximum absolute atomic E-state index is 11.1. The van der Waals surface area contributed by atoms with E-state index in [1.165, 1.54) is 7.11 Å². The molecule has 0 aliphatic carbocycles. The summed E-state index contributed by atoms with van der Waals surface area (Å²) in [4.78, 5) is 17.4. The van der Waals surface area contributed by atoms with Crippen molar-refractivity contribution >= 4 is 17.0 Å². The minimum atomic E-state index is -0.226. The first-order valence-corrected chi connectivity index (χ1v) is 5.75. The first-order chi connectivity index (χ1) is 8.60. The Balaban J connectivity index is 2.09. The number of fused-ring (bicyclic) bond motifs is 1. The Hall–Kier alpha value is -1.88. The van der Waals surface area contributed by atoms with Crippen LogP contribution in [0.1, 0.15) is 5.56 Å². The van der Waals surface area contributed by atoms with E-state index in [-0.39, 0.29) is 12.5 Å². The molecule has 0 spiro atoms. The van der Waals surface area contributed by atoms with Gasteiger partial charge in [-0.2, -0.15) is 0 Å². The zero-order chi connectivity index (χ0) is 13.1. The summed E-state index contributed by atoms with van der Waals surface area (Å²) in [7, 11) is 5.26. The monoisotopic (exact) mass is 247 g/mol. The maximum Gasteiger partial charge on any atom is 0.319 e. The van der Waals surface area contributed by atoms with E-state index in [1.807, 2.05) is 35.7 Å². The molecule has 2 rings (SSSR count). The summed E-state index contributed by atoms with van der Waals surface area (Å²) in [5.74, 6) is -0.226. The van der Waals surface area contributed by atoms with Crippen molar-refractivity contribution in [2.75, 3.05) is 20.7 Å². The first-order valence-electron chi connectivity index (χ1n) is 5.75. The molecule has 96 valence electrons. The van der Waals surface area contributed by atoms with Gasteiger partial charge in [0.25, 0.3) is 0 Å². The molecule has 0 aliphatic rings. The lowest BCUT2D eigenvalue weighted by molar-refractivity contribution is -0.141. The van der Waals surface area contributed by atoms with E-state index >= 15 is 0 Å². The molecule has 0 atom stereocenters. The molecule has 0 saturated heterocycles. The molecule has 1 heterocycles. The minimum absolute atomic E-state index is 0.226. The highest BCUT2D eigenvalue weighted by molar-refractivity contribution is 5.76. The quantitative estimate of drug-likeness (QED) is 0.761. The van der Waals surface area contributed by atoms with Crippen LogP contribution in [0.3, 0.4) is 0 Å². The number of carbonyl (C=O) groups excluding carboxylic acids is 1. The number of likely N-dealkylation sites (N-methyl/N-ethyl adjacent to an activating group) is 1. The highest BCUT2D eigenvalue weighted by Gasteiger charge is 2.08. The minimum Gasteiger partial charge on any atom is -0.468 e. The van der Waals surface area contributed by atoms with E-state index in [1.54, 1.807) is 6.33 Å². The molecule has 0 unspecified atom stereocenters. The highest BCUT2D eigenvalue weighted by Crippen LogP contribution is 2.14. The number of methoxy groups -OCH3 is 1. The smallest absolute Gasteiger partial charge is 0.319 e. The molecule has 5 heteroatoms. The normalized spacial score (nSPS) is 11.1. The van der Waals surface area contributed by atoms with Crippen LogP contribution >= 0.6 is 0 Å². The van der Waals surface area contributed by atoms with Gasteiger partial charge in [0.05, 0.1) is 31.0 Å². The van der Waals surface area contributed by atoms with Crippen LogP contribution < -0.4 is 0 Å². The third-order valence-corrected chi connectivity index (χ3v) is 2.87. The lowest BCUT2D eigenvalue weighted by atomic mass is 10.2. The van der Waals surface area contributed by atoms with Crippen molar-refractivity contribution < 1.29 is 9.53 Å². The lowest BCUT2D eigenvalue weighted by Gasteiger charge is -2.14. The number of aryl methyl sites for hydroxylation is 1. The van der Waals surface area contributed by atoms with Gasteiger partial charge in [-0.15, -0.1) is 0 Å². The molecular weight excluding hydrogens is 230 g/mol. The summed E-state index contributed by atoms with van der Waals surface area (Å²) in [5, 5.41) is 0. The molecule has 0 radical (unpaired) electrons. The second kappa shape index (κ2) is 5.18. The van der Waals surface area contributed by atoms with E-state index in [9.17, 15) is 4.79 Å². The van der Waals surface area contributed by atoms with Crippen LogP contribution in [0, 0.1) is 0 Å². The Morgan fingerprint density at radius 2 is 2.28 bits per heavy atom. The van der Waals surface area contributed by atoms with Crippen molar-refractivity contribution in [2.45, 2.75) is 6.54 Å². The van der Waals surface area contributed by atoms with Crippen LogP contribution in [-0.4, -0.2) is 41.1 Å². The van der Waals surface area contributed by atoms with E-state index in [0.29, 0.717) is 6.54 Å². The molecule has 18 heavy (non-hydrogen) atoms. The van der Waals surface area contributed by atoms with Gasteiger partial charge in [-0.05, 0) is 24.7 Å². The number of nitrogens with zero attached hydrogens (tertiary/aromatic N) is 3. The number of imidazole rings is 1. The molecular formula is C13H17N3O2. The van der Waals surface area contributed by atoms with Gasteiger partial charge in [0, 0.05) is 13.6 Å². The molecule has 2 aromatic rings. The third-order valence-electron chi connectivity index (χ3n) is 2.87. The fraction of sp³-hybridized carbons (Fsp3) is 0.385. The average molecular weight is 247 g/mol. The van der Waals surface area contributed by atoms with Crippen molar-refractivity contribution in [3.63, 3.8) is 0 Å². The SMILES string of the molecule is COC(=O)CN(C)Cc1ccc2c(c1)ncn2C. The van der Waals surface area contributed by atoms with Gasteiger partial charge < -0.3 is 9.30 Å². The van der Waals surface area contributed by atoms with Gasteiger partial charge >= 0.3 is 5.97 Å². The van der Waals surface area contributed by atoms with Crippen molar-refractivity contribution in [2.24, 2.45) is 7.05 Å². The molecule has 0 aliphatic heterocycles. The number of hydrogen-bond acceptors (Lipinski definition) is 4. The average Bonchev–Trinajstić information content (AvgIpc) is 2.70. The molecule has 0 saturated carbocycles. The summed E-state index contributed by atoms with van der Waals surface area (Å²) in [5.41, 5.74) is 3.21. The zero-order valence-electron chi connectivity index (χ0n) is 10.9. The summed E-state index contributed by atoms with van der Waals surface area (Å²) in [6.45, 7) is 0.984. The number of hydrogen-bond donors (Lipinski definition) is 0. The largest absolute Gasteiger partial charge is 0.468 e. The molecule has 1 aromatic carbocycles. The predicted octanol–water partition coefficient (Wildman–Crippen LogP) is 1.18. The summed E-state index contributed by atoms with van der Waals surface area (Å²) >= 11 is 0. The van der Waals surface area contributed by atoms with Gasteiger partial charge in [-0.25, -0.2) is 4.98 Å². The topological polar surface area (TPSA) is 47.4 Å². The van der Waals surface area contributed by atoms with Crippen molar-refractivity contribution in [3.05, 3.63) is 30.1 Å². The van der Waals surface area contributed by atoms with Crippen LogP contribution in [-0.2, 0) is 23.1 Å². The number of benzene rings is 1. The summed E-state index contributed by atoms with van der Waals surface area (Å²) in [6, 6.07) is 6.14. The summed E-state index contributed by atoms with van der Waals surface area (Å²) in [6.07, 6.45) is 1.80. The van der Waals surface area contributed by atoms with Crippen LogP contribution in [0.25, 0.3) is 11.0 Å². The second-order valence-corrected chi connectivity index (χ2v) is 4.43. The fourth-order valence-corrected chi connectivity index (χ4v) is 1.93.